The van der Waals surface area contributed by atoms with Crippen molar-refractivity contribution in [3.8, 4) is 17.2 Å². The molecule has 2 nitrogen and oxygen atoms in total. The second-order valence-electron chi connectivity index (χ2n) is 3.52. The monoisotopic (exact) mass is 230 g/mol. The number of rotatable bonds is 2. The molecule has 0 aliphatic carbocycles. The molecule has 17 heavy (non-hydrogen) atoms. The predicted octanol–water partition coefficient (Wildman–Crippen LogP) is 3.09. The van der Waals surface area contributed by atoms with Crippen molar-refractivity contribution < 1.29 is 8.78 Å². The molecule has 0 saturated carbocycles. The summed E-state index contributed by atoms with van der Waals surface area (Å²) in [4.78, 5) is 3.58. The van der Waals surface area contributed by atoms with Crippen LogP contribution in [0.15, 0.2) is 36.5 Å². The molecule has 1 heterocycles. The average Bonchev–Trinajstić information content (AvgIpc) is 2.33. The summed E-state index contributed by atoms with van der Waals surface area (Å²) in [5.41, 5.74) is 1.45. The fraction of sp³-hybridized carbons (Fsp3) is 0.0769. The van der Waals surface area contributed by atoms with Crippen LogP contribution in [0.1, 0.15) is 5.56 Å². The molecule has 0 radical (unpaired) electrons. The summed E-state index contributed by atoms with van der Waals surface area (Å²) in [7, 11) is 0. The fourth-order valence-electron chi connectivity index (χ4n) is 1.51. The third-order valence-electron chi connectivity index (χ3n) is 2.33. The Labute approximate surface area is 97.2 Å². The zero-order valence-electron chi connectivity index (χ0n) is 8.82. The first-order valence-corrected chi connectivity index (χ1v) is 4.98. The van der Waals surface area contributed by atoms with E-state index in [-0.39, 0.29) is 17.8 Å². The van der Waals surface area contributed by atoms with Gasteiger partial charge in [-0.2, -0.15) is 9.65 Å². The highest BCUT2D eigenvalue weighted by atomic mass is 19.1. The largest absolute Gasteiger partial charge is 0.227 e. The number of benzene rings is 1. The van der Waals surface area contributed by atoms with Crippen LogP contribution in [-0.2, 0) is 6.42 Å². The second-order valence-corrected chi connectivity index (χ2v) is 3.52. The van der Waals surface area contributed by atoms with Crippen LogP contribution in [0.3, 0.4) is 0 Å². The van der Waals surface area contributed by atoms with E-state index in [0.717, 1.165) is 0 Å². The first-order valence-electron chi connectivity index (χ1n) is 4.98. The second kappa shape index (κ2) is 4.71. The highest BCUT2D eigenvalue weighted by Gasteiger charge is 2.07. The zero-order chi connectivity index (χ0) is 12.3. The van der Waals surface area contributed by atoms with E-state index < -0.39 is 5.95 Å². The van der Waals surface area contributed by atoms with Gasteiger partial charge in [0.1, 0.15) is 5.82 Å². The molecule has 0 aliphatic rings. The van der Waals surface area contributed by atoms with Gasteiger partial charge in [0.25, 0.3) is 0 Å². The Kier molecular flexibility index (Phi) is 3.10. The van der Waals surface area contributed by atoms with E-state index in [1.165, 1.54) is 30.5 Å². The predicted molar refractivity (Wildman–Crippen MR) is 58.9 cm³/mol. The maximum atomic E-state index is 13.5. The number of nitriles is 1. The quantitative estimate of drug-likeness (QED) is 0.743. The standard InChI is InChI=1S/C13H8F2N2/c14-11-3-1-10(2-4-11)12-7-9(5-6-16)8-17-13(12)15/h1-4,7-8H,5H2. The Balaban J connectivity index is 2.47. The van der Waals surface area contributed by atoms with Gasteiger partial charge in [-0.05, 0) is 29.3 Å². The molecule has 4 heteroatoms. The van der Waals surface area contributed by atoms with Gasteiger partial charge in [-0.1, -0.05) is 12.1 Å². The van der Waals surface area contributed by atoms with E-state index in [9.17, 15) is 8.78 Å². The van der Waals surface area contributed by atoms with Crippen molar-refractivity contribution in [3.05, 3.63) is 53.9 Å². The van der Waals surface area contributed by atoms with Gasteiger partial charge < -0.3 is 0 Å². The molecule has 2 rings (SSSR count). The van der Waals surface area contributed by atoms with Crippen LogP contribution in [0, 0.1) is 23.1 Å². The van der Waals surface area contributed by atoms with Crippen molar-refractivity contribution in [3.63, 3.8) is 0 Å². The molecule has 0 unspecified atom stereocenters. The van der Waals surface area contributed by atoms with E-state index in [4.69, 9.17) is 5.26 Å². The topological polar surface area (TPSA) is 36.7 Å². The van der Waals surface area contributed by atoms with E-state index >= 15 is 0 Å². The highest BCUT2D eigenvalue weighted by Crippen LogP contribution is 2.22. The summed E-state index contributed by atoms with van der Waals surface area (Å²) in [6, 6.07) is 8.99. The van der Waals surface area contributed by atoms with Gasteiger partial charge >= 0.3 is 0 Å². The van der Waals surface area contributed by atoms with Crippen LogP contribution in [0.25, 0.3) is 11.1 Å². The van der Waals surface area contributed by atoms with Crippen LogP contribution < -0.4 is 0 Å². The lowest BCUT2D eigenvalue weighted by molar-refractivity contribution is 0.586. The van der Waals surface area contributed by atoms with Gasteiger partial charge in [-0.25, -0.2) is 9.37 Å². The molecule has 1 aromatic carbocycles. The molecule has 0 saturated heterocycles. The van der Waals surface area contributed by atoms with E-state index in [1.807, 2.05) is 6.07 Å². The van der Waals surface area contributed by atoms with Crippen molar-refractivity contribution >= 4 is 0 Å². The fourth-order valence-corrected chi connectivity index (χ4v) is 1.51. The third kappa shape index (κ3) is 2.45. The maximum absolute atomic E-state index is 13.5. The molecule has 0 spiro atoms. The number of hydrogen-bond donors (Lipinski definition) is 0. The molecular weight excluding hydrogens is 222 g/mol. The van der Waals surface area contributed by atoms with Gasteiger partial charge in [-0.15, -0.1) is 0 Å². The summed E-state index contributed by atoms with van der Waals surface area (Å²) in [6.45, 7) is 0. The van der Waals surface area contributed by atoms with Gasteiger partial charge in [0.05, 0.1) is 12.5 Å². The molecule has 0 atom stereocenters. The first kappa shape index (κ1) is 11.2. The lowest BCUT2D eigenvalue weighted by atomic mass is 10.0. The molecule has 0 amide bonds. The molecule has 0 bridgehead atoms. The lowest BCUT2D eigenvalue weighted by Gasteiger charge is -2.04. The van der Waals surface area contributed by atoms with Crippen LogP contribution >= 0.6 is 0 Å². The van der Waals surface area contributed by atoms with Crippen molar-refractivity contribution in [2.24, 2.45) is 0 Å². The average molecular weight is 230 g/mol. The molecule has 0 aliphatic heterocycles. The summed E-state index contributed by atoms with van der Waals surface area (Å²) < 4.78 is 26.3. The molecule has 0 N–H and O–H groups in total. The van der Waals surface area contributed by atoms with E-state index in [2.05, 4.69) is 4.98 Å². The Morgan fingerprint density at radius 1 is 1.18 bits per heavy atom. The van der Waals surface area contributed by atoms with Crippen molar-refractivity contribution in [1.29, 1.82) is 5.26 Å². The minimum Gasteiger partial charge on any atom is -0.227 e. The molecule has 2 aromatic rings. The minimum absolute atomic E-state index is 0.168. The van der Waals surface area contributed by atoms with Crippen LogP contribution in [0.2, 0.25) is 0 Å². The highest BCUT2D eigenvalue weighted by molar-refractivity contribution is 5.63. The van der Waals surface area contributed by atoms with Crippen molar-refractivity contribution in [2.45, 2.75) is 6.42 Å². The molecule has 84 valence electrons. The smallest absolute Gasteiger partial charge is 0.220 e. The van der Waals surface area contributed by atoms with E-state index in [1.54, 1.807) is 6.07 Å². The summed E-state index contributed by atoms with van der Waals surface area (Å²) in [5.74, 6) is -1.01. The van der Waals surface area contributed by atoms with Crippen LogP contribution in [-0.4, -0.2) is 4.98 Å². The molecule has 0 fully saturated rings. The Bertz CT molecular complexity index is 571. The number of halogens is 2. The number of pyridine rings is 1. The zero-order valence-corrected chi connectivity index (χ0v) is 8.82. The van der Waals surface area contributed by atoms with Crippen molar-refractivity contribution in [1.82, 2.24) is 4.98 Å². The van der Waals surface area contributed by atoms with Gasteiger partial charge in [0, 0.05) is 11.8 Å². The summed E-state index contributed by atoms with van der Waals surface area (Å²) >= 11 is 0. The molecular formula is C13H8F2N2. The normalized spacial score (nSPS) is 9.94. The summed E-state index contributed by atoms with van der Waals surface area (Å²) in [6.07, 6.45) is 1.49. The van der Waals surface area contributed by atoms with Gasteiger partial charge in [0.2, 0.25) is 5.95 Å². The summed E-state index contributed by atoms with van der Waals surface area (Å²) in [5, 5.41) is 8.57. The number of nitrogens with zero attached hydrogens (tertiary/aromatic N) is 2. The minimum atomic E-state index is -0.627. The van der Waals surface area contributed by atoms with Gasteiger partial charge in [-0.3, -0.25) is 0 Å². The van der Waals surface area contributed by atoms with Crippen LogP contribution in [0.5, 0.6) is 0 Å². The Morgan fingerprint density at radius 3 is 2.53 bits per heavy atom. The number of aromatic nitrogens is 1. The van der Waals surface area contributed by atoms with Crippen LogP contribution in [0.4, 0.5) is 8.78 Å². The third-order valence-corrected chi connectivity index (χ3v) is 2.33. The van der Waals surface area contributed by atoms with Crippen molar-refractivity contribution in [2.75, 3.05) is 0 Å². The first-order chi connectivity index (χ1) is 8.20. The Hall–Kier alpha value is -2.28. The van der Waals surface area contributed by atoms with Gasteiger partial charge in [0.15, 0.2) is 0 Å². The molecule has 1 aromatic heterocycles. The Morgan fingerprint density at radius 2 is 1.88 bits per heavy atom. The maximum Gasteiger partial charge on any atom is 0.220 e. The lowest BCUT2D eigenvalue weighted by Crippen LogP contribution is -1.93. The SMILES string of the molecule is N#CCc1cnc(F)c(-c2ccc(F)cc2)c1. The van der Waals surface area contributed by atoms with E-state index in [0.29, 0.717) is 11.1 Å². The number of hydrogen-bond acceptors (Lipinski definition) is 2.